The second-order valence-electron chi connectivity index (χ2n) is 3.48. The summed E-state index contributed by atoms with van der Waals surface area (Å²) in [6.07, 6.45) is 0.0957. The molecular weight excluding hydrogens is 228 g/mol. The lowest BCUT2D eigenvalue weighted by Gasteiger charge is -2.13. The molecule has 16 heavy (non-hydrogen) atoms. The van der Waals surface area contributed by atoms with E-state index in [1.165, 1.54) is 6.07 Å². The zero-order chi connectivity index (χ0) is 12.2. The van der Waals surface area contributed by atoms with Gasteiger partial charge in [-0.15, -0.1) is 0 Å². The van der Waals surface area contributed by atoms with Gasteiger partial charge in [-0.05, 0) is 18.6 Å². The summed E-state index contributed by atoms with van der Waals surface area (Å²) >= 11 is 0. The Kier molecular flexibility index (Phi) is 4.28. The molecule has 1 unspecified atom stereocenters. The summed E-state index contributed by atoms with van der Waals surface area (Å²) in [7, 11) is -3.73. The Morgan fingerprint density at radius 3 is 2.62 bits per heavy atom. The van der Waals surface area contributed by atoms with E-state index >= 15 is 0 Å². The van der Waals surface area contributed by atoms with Crippen LogP contribution in [0.15, 0.2) is 29.2 Å². The van der Waals surface area contributed by atoms with Gasteiger partial charge in [0, 0.05) is 6.54 Å². The van der Waals surface area contributed by atoms with E-state index in [4.69, 9.17) is 5.14 Å². The lowest BCUT2D eigenvalue weighted by atomic mass is 10.2. The molecule has 0 spiro atoms. The Balaban J connectivity index is 2.88. The maximum absolute atomic E-state index is 11.2. The van der Waals surface area contributed by atoms with Gasteiger partial charge in [-0.2, -0.15) is 0 Å². The highest BCUT2D eigenvalue weighted by Crippen LogP contribution is 2.19. The van der Waals surface area contributed by atoms with Crippen molar-refractivity contribution in [1.82, 2.24) is 0 Å². The summed E-state index contributed by atoms with van der Waals surface area (Å²) in [6, 6.07) is 6.34. The number of benzene rings is 1. The fourth-order valence-electron chi connectivity index (χ4n) is 1.23. The number of hydrogen-bond acceptors (Lipinski definition) is 4. The number of aliphatic hydroxyl groups excluding tert-OH is 1. The minimum absolute atomic E-state index is 0.0401. The smallest absolute Gasteiger partial charge is 0.240 e. The van der Waals surface area contributed by atoms with Crippen molar-refractivity contribution in [3.8, 4) is 0 Å². The first-order valence-corrected chi connectivity index (χ1v) is 6.53. The van der Waals surface area contributed by atoms with E-state index in [0.717, 1.165) is 0 Å². The molecule has 1 rings (SSSR count). The standard InChI is InChI=1S/C10H16N2O3S/c1-2-8(13)7-12-9-5-3-4-6-10(9)16(11,14)15/h3-6,8,12-13H,2,7H2,1H3,(H2,11,14,15). The van der Waals surface area contributed by atoms with Crippen LogP contribution in [0.3, 0.4) is 0 Å². The predicted octanol–water partition coefficient (Wildman–Crippen LogP) is 0.517. The fraction of sp³-hybridized carbons (Fsp3) is 0.400. The van der Waals surface area contributed by atoms with Crippen molar-refractivity contribution in [1.29, 1.82) is 0 Å². The minimum atomic E-state index is -3.73. The Morgan fingerprint density at radius 1 is 1.44 bits per heavy atom. The van der Waals surface area contributed by atoms with Crippen molar-refractivity contribution in [2.75, 3.05) is 11.9 Å². The van der Waals surface area contributed by atoms with Gasteiger partial charge < -0.3 is 10.4 Å². The highest BCUT2D eigenvalue weighted by Gasteiger charge is 2.13. The Labute approximate surface area is 95.3 Å². The topological polar surface area (TPSA) is 92.4 Å². The number of nitrogens with one attached hydrogen (secondary N) is 1. The van der Waals surface area contributed by atoms with E-state index in [1.54, 1.807) is 18.2 Å². The van der Waals surface area contributed by atoms with Crippen LogP contribution in [0.2, 0.25) is 0 Å². The number of anilines is 1. The molecule has 0 aliphatic heterocycles. The van der Waals surface area contributed by atoms with Crippen molar-refractivity contribution >= 4 is 15.7 Å². The molecule has 0 aliphatic carbocycles. The van der Waals surface area contributed by atoms with E-state index in [2.05, 4.69) is 5.32 Å². The quantitative estimate of drug-likeness (QED) is 0.704. The summed E-state index contributed by atoms with van der Waals surface area (Å²) < 4.78 is 22.5. The average molecular weight is 244 g/mol. The van der Waals surface area contributed by atoms with Crippen LogP contribution < -0.4 is 10.5 Å². The minimum Gasteiger partial charge on any atom is -0.391 e. The molecule has 0 aromatic heterocycles. The lowest BCUT2D eigenvalue weighted by Crippen LogP contribution is -2.21. The summed E-state index contributed by atoms with van der Waals surface area (Å²) in [5.41, 5.74) is 0.414. The van der Waals surface area contributed by atoms with Crippen LogP contribution in [0.5, 0.6) is 0 Å². The highest BCUT2D eigenvalue weighted by atomic mass is 32.2. The maximum Gasteiger partial charge on any atom is 0.240 e. The van der Waals surface area contributed by atoms with Crippen molar-refractivity contribution in [2.24, 2.45) is 5.14 Å². The van der Waals surface area contributed by atoms with Crippen LogP contribution in [0, 0.1) is 0 Å². The van der Waals surface area contributed by atoms with Gasteiger partial charge in [0.05, 0.1) is 11.8 Å². The van der Waals surface area contributed by atoms with Gasteiger partial charge in [0.25, 0.3) is 0 Å². The largest absolute Gasteiger partial charge is 0.391 e. The second kappa shape index (κ2) is 5.29. The molecule has 0 bridgehead atoms. The first-order chi connectivity index (χ1) is 7.45. The molecular formula is C10H16N2O3S. The first kappa shape index (κ1) is 13.0. The van der Waals surface area contributed by atoms with E-state index in [9.17, 15) is 13.5 Å². The number of para-hydroxylation sites is 1. The average Bonchev–Trinajstić information content (AvgIpc) is 2.25. The third-order valence-corrected chi connectivity index (χ3v) is 3.16. The van der Waals surface area contributed by atoms with Crippen LogP contribution in [0.1, 0.15) is 13.3 Å². The number of primary sulfonamides is 1. The van der Waals surface area contributed by atoms with Crippen molar-refractivity contribution in [3.05, 3.63) is 24.3 Å². The summed E-state index contributed by atoms with van der Waals surface area (Å²) in [5.74, 6) is 0. The van der Waals surface area contributed by atoms with Crippen molar-refractivity contribution in [2.45, 2.75) is 24.3 Å². The Bertz CT molecular complexity index is 445. The maximum atomic E-state index is 11.2. The first-order valence-electron chi connectivity index (χ1n) is 4.99. The van der Waals surface area contributed by atoms with Crippen LogP contribution in [-0.2, 0) is 10.0 Å². The van der Waals surface area contributed by atoms with E-state index in [0.29, 0.717) is 18.7 Å². The molecule has 90 valence electrons. The monoisotopic (exact) mass is 244 g/mol. The third-order valence-electron chi connectivity index (χ3n) is 2.19. The van der Waals surface area contributed by atoms with E-state index in [-0.39, 0.29) is 4.90 Å². The number of hydrogen-bond donors (Lipinski definition) is 3. The molecule has 5 nitrogen and oxygen atoms in total. The zero-order valence-electron chi connectivity index (χ0n) is 9.05. The van der Waals surface area contributed by atoms with Gasteiger partial charge in [0.2, 0.25) is 10.0 Å². The normalized spacial score (nSPS) is 13.4. The zero-order valence-corrected chi connectivity index (χ0v) is 9.87. The van der Waals surface area contributed by atoms with Gasteiger partial charge in [-0.3, -0.25) is 0 Å². The number of nitrogens with two attached hydrogens (primary N) is 1. The Hall–Kier alpha value is -1.11. The van der Waals surface area contributed by atoms with Crippen LogP contribution in [0.4, 0.5) is 5.69 Å². The van der Waals surface area contributed by atoms with Crippen LogP contribution >= 0.6 is 0 Å². The summed E-state index contributed by atoms with van der Waals surface area (Å²) in [4.78, 5) is 0.0401. The van der Waals surface area contributed by atoms with E-state index < -0.39 is 16.1 Å². The molecule has 0 aliphatic rings. The molecule has 1 aromatic rings. The molecule has 0 saturated carbocycles. The summed E-state index contributed by atoms with van der Waals surface area (Å²) in [5, 5.41) is 17.3. The number of aliphatic hydroxyl groups is 1. The van der Waals surface area contributed by atoms with Crippen molar-refractivity contribution in [3.63, 3.8) is 0 Å². The number of rotatable bonds is 5. The molecule has 0 heterocycles. The van der Waals surface area contributed by atoms with E-state index in [1.807, 2.05) is 6.92 Å². The molecule has 1 atom stereocenters. The third kappa shape index (κ3) is 3.48. The molecule has 1 aromatic carbocycles. The van der Waals surface area contributed by atoms with Crippen LogP contribution in [0.25, 0.3) is 0 Å². The molecule has 0 amide bonds. The SMILES string of the molecule is CCC(O)CNc1ccccc1S(N)(=O)=O. The second-order valence-corrected chi connectivity index (χ2v) is 5.01. The molecule has 0 radical (unpaired) electrons. The molecule has 0 fully saturated rings. The van der Waals surface area contributed by atoms with Gasteiger partial charge in [0.15, 0.2) is 0 Å². The molecule has 0 saturated heterocycles. The fourth-order valence-corrected chi connectivity index (χ4v) is 1.95. The predicted molar refractivity (Wildman–Crippen MR) is 62.6 cm³/mol. The highest BCUT2D eigenvalue weighted by molar-refractivity contribution is 7.89. The van der Waals surface area contributed by atoms with Gasteiger partial charge in [0.1, 0.15) is 4.90 Å². The van der Waals surface area contributed by atoms with Crippen LogP contribution in [-0.4, -0.2) is 26.2 Å². The number of sulfonamides is 1. The lowest BCUT2D eigenvalue weighted by molar-refractivity contribution is 0.183. The Morgan fingerprint density at radius 2 is 2.06 bits per heavy atom. The molecule has 4 N–H and O–H groups in total. The molecule has 6 heteroatoms. The summed E-state index contributed by atoms with van der Waals surface area (Å²) in [6.45, 7) is 2.14. The van der Waals surface area contributed by atoms with Crippen molar-refractivity contribution < 1.29 is 13.5 Å². The van der Waals surface area contributed by atoms with Gasteiger partial charge in [-0.25, -0.2) is 13.6 Å². The van der Waals surface area contributed by atoms with Gasteiger partial charge >= 0.3 is 0 Å². The van der Waals surface area contributed by atoms with Gasteiger partial charge in [-0.1, -0.05) is 19.1 Å².